The minimum atomic E-state index is -1.10. The van der Waals surface area contributed by atoms with Gasteiger partial charge in [-0.05, 0) is 24.3 Å². The summed E-state index contributed by atoms with van der Waals surface area (Å²) < 4.78 is 10.9. The molecular weight excluding hydrogens is 310 g/mol. The van der Waals surface area contributed by atoms with Crippen molar-refractivity contribution in [3.63, 3.8) is 0 Å². The van der Waals surface area contributed by atoms with Crippen molar-refractivity contribution in [2.45, 2.75) is 0 Å². The molecule has 2 aromatic rings. The van der Waals surface area contributed by atoms with Crippen LogP contribution in [-0.4, -0.2) is 30.7 Å². The Morgan fingerprint density at radius 1 is 1.17 bits per heavy atom. The molecular formula is C18H15NO5. The number of fused-ring (bicyclic) bond motifs is 1. The highest BCUT2D eigenvalue weighted by Gasteiger charge is 2.21. The standard InChI is InChI=1S/C18H15NO5/c1-23-15-8-4-5-11-9-12(10-24-16(11)15)17(20)19-14-7-3-2-6-13(14)18(21)22/h2-9H,10H2,1H3,(H,19,20)(H,21,22). The molecule has 24 heavy (non-hydrogen) atoms. The third kappa shape index (κ3) is 2.94. The average Bonchev–Trinajstić information content (AvgIpc) is 2.60. The Hall–Kier alpha value is -3.28. The Kier molecular flexibility index (Phi) is 4.20. The molecule has 2 N–H and O–H groups in total. The van der Waals surface area contributed by atoms with Gasteiger partial charge in [-0.25, -0.2) is 4.79 Å². The molecule has 3 rings (SSSR count). The largest absolute Gasteiger partial charge is 0.493 e. The quantitative estimate of drug-likeness (QED) is 0.903. The molecule has 122 valence electrons. The van der Waals surface area contributed by atoms with Crippen LogP contribution >= 0.6 is 0 Å². The topological polar surface area (TPSA) is 84.9 Å². The summed E-state index contributed by atoms with van der Waals surface area (Å²) >= 11 is 0. The minimum Gasteiger partial charge on any atom is -0.493 e. The smallest absolute Gasteiger partial charge is 0.337 e. The molecule has 0 unspecified atom stereocenters. The van der Waals surface area contributed by atoms with Crippen molar-refractivity contribution in [3.8, 4) is 11.5 Å². The molecule has 0 radical (unpaired) electrons. The van der Waals surface area contributed by atoms with Crippen molar-refractivity contribution in [2.75, 3.05) is 19.0 Å². The summed E-state index contributed by atoms with van der Waals surface area (Å²) in [7, 11) is 1.55. The number of methoxy groups -OCH3 is 1. The van der Waals surface area contributed by atoms with Crippen LogP contribution in [0.1, 0.15) is 15.9 Å². The Bertz CT molecular complexity index is 841. The number of ether oxygens (including phenoxy) is 2. The van der Waals surface area contributed by atoms with Gasteiger partial charge in [0.2, 0.25) is 0 Å². The fraction of sp³-hybridized carbons (Fsp3) is 0.111. The third-order valence-corrected chi connectivity index (χ3v) is 3.63. The van der Waals surface area contributed by atoms with Crippen LogP contribution in [0, 0.1) is 0 Å². The molecule has 0 atom stereocenters. The van der Waals surface area contributed by atoms with E-state index in [0.717, 1.165) is 5.56 Å². The van der Waals surface area contributed by atoms with Gasteiger partial charge in [-0.15, -0.1) is 0 Å². The van der Waals surface area contributed by atoms with E-state index in [1.807, 2.05) is 6.07 Å². The zero-order valence-electron chi connectivity index (χ0n) is 12.9. The van der Waals surface area contributed by atoms with Gasteiger partial charge in [-0.1, -0.05) is 24.3 Å². The highest BCUT2D eigenvalue weighted by atomic mass is 16.5. The second kappa shape index (κ2) is 6.45. The maximum Gasteiger partial charge on any atom is 0.337 e. The van der Waals surface area contributed by atoms with Gasteiger partial charge in [0, 0.05) is 5.56 Å². The molecule has 0 aliphatic carbocycles. The second-order valence-electron chi connectivity index (χ2n) is 5.14. The zero-order chi connectivity index (χ0) is 17.1. The number of para-hydroxylation sites is 2. The molecule has 0 fully saturated rings. The Morgan fingerprint density at radius 3 is 2.71 bits per heavy atom. The van der Waals surface area contributed by atoms with E-state index in [0.29, 0.717) is 17.1 Å². The van der Waals surface area contributed by atoms with Gasteiger partial charge in [0.1, 0.15) is 6.61 Å². The van der Waals surface area contributed by atoms with Crippen molar-refractivity contribution in [1.29, 1.82) is 0 Å². The molecule has 1 aliphatic heterocycles. The van der Waals surface area contributed by atoms with Gasteiger partial charge in [0.25, 0.3) is 5.91 Å². The molecule has 0 saturated heterocycles. The van der Waals surface area contributed by atoms with Crippen LogP contribution in [0.3, 0.4) is 0 Å². The predicted molar refractivity (Wildman–Crippen MR) is 88.5 cm³/mol. The van der Waals surface area contributed by atoms with E-state index >= 15 is 0 Å². The number of nitrogens with one attached hydrogen (secondary N) is 1. The van der Waals surface area contributed by atoms with Crippen molar-refractivity contribution >= 4 is 23.6 Å². The van der Waals surface area contributed by atoms with Crippen molar-refractivity contribution in [1.82, 2.24) is 0 Å². The van der Waals surface area contributed by atoms with Crippen LogP contribution in [0.4, 0.5) is 5.69 Å². The Balaban J connectivity index is 1.87. The first kappa shape index (κ1) is 15.6. The number of carboxylic acid groups (broad SMARTS) is 1. The summed E-state index contributed by atoms with van der Waals surface area (Å²) in [6.07, 6.45) is 1.71. The van der Waals surface area contributed by atoms with E-state index in [1.54, 1.807) is 43.5 Å². The molecule has 1 heterocycles. The maximum atomic E-state index is 12.4. The van der Waals surface area contributed by atoms with Gasteiger partial charge in [-0.2, -0.15) is 0 Å². The molecule has 0 bridgehead atoms. The van der Waals surface area contributed by atoms with Crippen molar-refractivity contribution in [3.05, 3.63) is 59.2 Å². The summed E-state index contributed by atoms with van der Waals surface area (Å²) in [6.45, 7) is 0.0778. The molecule has 6 nitrogen and oxygen atoms in total. The van der Waals surface area contributed by atoms with Crippen LogP contribution < -0.4 is 14.8 Å². The van der Waals surface area contributed by atoms with Crippen molar-refractivity contribution < 1.29 is 24.2 Å². The first-order valence-corrected chi connectivity index (χ1v) is 7.24. The number of carbonyl (C=O) groups excluding carboxylic acids is 1. The lowest BCUT2D eigenvalue weighted by atomic mass is 10.1. The lowest BCUT2D eigenvalue weighted by Crippen LogP contribution is -2.22. The maximum absolute atomic E-state index is 12.4. The lowest BCUT2D eigenvalue weighted by molar-refractivity contribution is -0.113. The molecule has 6 heteroatoms. The van der Waals surface area contributed by atoms with E-state index in [1.165, 1.54) is 6.07 Å². The first-order valence-electron chi connectivity index (χ1n) is 7.24. The van der Waals surface area contributed by atoms with Crippen LogP contribution in [0.25, 0.3) is 6.08 Å². The number of aromatic carboxylic acids is 1. The van der Waals surface area contributed by atoms with E-state index in [4.69, 9.17) is 9.47 Å². The molecule has 2 aromatic carbocycles. The fourth-order valence-corrected chi connectivity index (χ4v) is 2.45. The summed E-state index contributed by atoms with van der Waals surface area (Å²) in [5, 5.41) is 11.8. The zero-order valence-corrected chi connectivity index (χ0v) is 12.9. The van der Waals surface area contributed by atoms with Gasteiger partial charge >= 0.3 is 5.97 Å². The number of hydrogen-bond donors (Lipinski definition) is 2. The summed E-state index contributed by atoms with van der Waals surface area (Å²) in [5.74, 6) is -0.325. The highest BCUT2D eigenvalue weighted by Crippen LogP contribution is 2.35. The van der Waals surface area contributed by atoms with E-state index in [-0.39, 0.29) is 17.9 Å². The Morgan fingerprint density at radius 2 is 1.96 bits per heavy atom. The number of hydrogen-bond acceptors (Lipinski definition) is 4. The fourth-order valence-electron chi connectivity index (χ4n) is 2.45. The van der Waals surface area contributed by atoms with E-state index < -0.39 is 11.9 Å². The van der Waals surface area contributed by atoms with Crippen molar-refractivity contribution in [2.24, 2.45) is 0 Å². The number of carbonyl (C=O) groups is 2. The van der Waals surface area contributed by atoms with Crippen LogP contribution in [0.15, 0.2) is 48.0 Å². The molecule has 0 spiro atoms. The molecule has 0 aromatic heterocycles. The Labute approximate surface area is 138 Å². The summed E-state index contributed by atoms with van der Waals surface area (Å²) in [6, 6.07) is 11.6. The van der Waals surface area contributed by atoms with Gasteiger partial charge in [0.15, 0.2) is 11.5 Å². The summed E-state index contributed by atoms with van der Waals surface area (Å²) in [4.78, 5) is 23.6. The molecule has 1 amide bonds. The minimum absolute atomic E-state index is 0.0326. The second-order valence-corrected chi connectivity index (χ2v) is 5.14. The van der Waals surface area contributed by atoms with Gasteiger partial charge in [0.05, 0.1) is 23.9 Å². The number of benzene rings is 2. The third-order valence-electron chi connectivity index (χ3n) is 3.63. The average molecular weight is 325 g/mol. The lowest BCUT2D eigenvalue weighted by Gasteiger charge is -2.20. The first-order chi connectivity index (χ1) is 11.6. The normalized spacial score (nSPS) is 12.5. The highest BCUT2D eigenvalue weighted by molar-refractivity contribution is 6.10. The molecule has 0 saturated carbocycles. The number of carboxylic acids is 1. The predicted octanol–water partition coefficient (Wildman–Crippen LogP) is 2.81. The monoisotopic (exact) mass is 325 g/mol. The van der Waals surface area contributed by atoms with E-state index in [9.17, 15) is 14.7 Å². The molecule has 1 aliphatic rings. The number of amides is 1. The van der Waals surface area contributed by atoms with Gasteiger partial charge in [-0.3, -0.25) is 4.79 Å². The number of anilines is 1. The summed E-state index contributed by atoms with van der Waals surface area (Å²) in [5.41, 5.74) is 1.41. The number of rotatable bonds is 4. The van der Waals surface area contributed by atoms with Crippen LogP contribution in [0.2, 0.25) is 0 Å². The van der Waals surface area contributed by atoms with E-state index in [2.05, 4.69) is 5.32 Å². The van der Waals surface area contributed by atoms with Crippen LogP contribution in [0.5, 0.6) is 11.5 Å². The SMILES string of the molecule is COc1cccc2c1OCC(C(=O)Nc1ccccc1C(=O)O)=C2. The van der Waals surface area contributed by atoms with Gasteiger partial charge < -0.3 is 19.9 Å². The van der Waals surface area contributed by atoms with Crippen LogP contribution in [-0.2, 0) is 4.79 Å².